The molecule has 1 rings (SSSR count). The summed E-state index contributed by atoms with van der Waals surface area (Å²) in [5.74, 6) is -0.129. The molecule has 5 heteroatoms. The van der Waals surface area contributed by atoms with Crippen LogP contribution in [0.3, 0.4) is 0 Å². The molecule has 2 amide bonds. The van der Waals surface area contributed by atoms with Crippen LogP contribution in [-0.4, -0.2) is 48.9 Å². The van der Waals surface area contributed by atoms with E-state index in [1.807, 2.05) is 13.8 Å². The van der Waals surface area contributed by atoms with Crippen molar-refractivity contribution in [3.8, 4) is 0 Å². The van der Waals surface area contributed by atoms with Crippen LogP contribution in [0.1, 0.15) is 33.1 Å². The first-order valence-electron chi connectivity index (χ1n) is 6.27. The average Bonchev–Trinajstić information content (AvgIpc) is 2.35. The minimum Gasteiger partial charge on any atom is -0.345 e. The van der Waals surface area contributed by atoms with Crippen LogP contribution in [0, 0.1) is 0 Å². The minimum absolute atomic E-state index is 0.0553. The number of piperidine rings is 1. The summed E-state index contributed by atoms with van der Waals surface area (Å²) in [6, 6.07) is 0. The molecular weight excluding hydrogens is 218 g/mol. The van der Waals surface area contributed by atoms with Gasteiger partial charge in [0.1, 0.15) is 0 Å². The lowest BCUT2D eigenvalue weighted by atomic mass is 9.90. The second-order valence-electron chi connectivity index (χ2n) is 4.81. The van der Waals surface area contributed by atoms with Gasteiger partial charge in [0.05, 0.1) is 12.1 Å². The van der Waals surface area contributed by atoms with Gasteiger partial charge in [0.25, 0.3) is 0 Å². The zero-order chi connectivity index (χ0) is 12.9. The monoisotopic (exact) mass is 241 g/mol. The van der Waals surface area contributed by atoms with Crippen LogP contribution in [0.5, 0.6) is 0 Å². The maximum absolute atomic E-state index is 12.0. The third kappa shape index (κ3) is 3.70. The van der Waals surface area contributed by atoms with Crippen molar-refractivity contribution >= 4 is 11.8 Å². The Morgan fingerprint density at radius 2 is 2.12 bits per heavy atom. The van der Waals surface area contributed by atoms with E-state index in [4.69, 9.17) is 0 Å². The number of hydrogen-bond donors (Lipinski definition) is 2. The molecule has 0 aliphatic carbocycles. The highest BCUT2D eigenvalue weighted by Crippen LogP contribution is 2.18. The summed E-state index contributed by atoms with van der Waals surface area (Å²) in [5, 5.41) is 5.94. The predicted molar refractivity (Wildman–Crippen MR) is 66.6 cm³/mol. The highest BCUT2D eigenvalue weighted by Gasteiger charge is 2.34. The maximum Gasteiger partial charge on any atom is 0.241 e. The zero-order valence-corrected chi connectivity index (χ0v) is 11.0. The molecule has 1 saturated heterocycles. The van der Waals surface area contributed by atoms with Crippen molar-refractivity contribution in [1.29, 1.82) is 0 Å². The fourth-order valence-electron chi connectivity index (χ4n) is 1.91. The molecule has 1 heterocycles. The number of amides is 2. The van der Waals surface area contributed by atoms with Gasteiger partial charge in [-0.15, -0.1) is 0 Å². The van der Waals surface area contributed by atoms with Gasteiger partial charge in [-0.3, -0.25) is 9.59 Å². The van der Waals surface area contributed by atoms with E-state index >= 15 is 0 Å². The zero-order valence-electron chi connectivity index (χ0n) is 11.0. The van der Waals surface area contributed by atoms with Crippen molar-refractivity contribution in [3.05, 3.63) is 0 Å². The van der Waals surface area contributed by atoms with Crippen LogP contribution < -0.4 is 10.6 Å². The molecule has 1 atom stereocenters. The Hall–Kier alpha value is -1.10. The van der Waals surface area contributed by atoms with E-state index in [9.17, 15) is 9.59 Å². The first kappa shape index (κ1) is 14.0. The second-order valence-corrected chi connectivity index (χ2v) is 4.81. The molecule has 98 valence electrons. The van der Waals surface area contributed by atoms with Crippen molar-refractivity contribution in [2.75, 3.05) is 26.7 Å². The molecule has 1 unspecified atom stereocenters. The summed E-state index contributed by atoms with van der Waals surface area (Å²) < 4.78 is 0. The van der Waals surface area contributed by atoms with Gasteiger partial charge in [0, 0.05) is 13.6 Å². The van der Waals surface area contributed by atoms with Gasteiger partial charge in [0.2, 0.25) is 11.8 Å². The van der Waals surface area contributed by atoms with Crippen molar-refractivity contribution in [1.82, 2.24) is 15.5 Å². The molecule has 0 aromatic carbocycles. The molecule has 0 bridgehead atoms. The molecular formula is C12H23N3O2. The number of carbonyl (C=O) groups is 2. The standard InChI is InChI=1S/C12H23N3O2/c1-4-15(3)10(16)9-13-11(17)12(2)7-5-6-8-14-12/h14H,4-9H2,1-3H3,(H,13,17). The molecule has 1 aliphatic heterocycles. The van der Waals surface area contributed by atoms with E-state index in [0.717, 1.165) is 25.8 Å². The lowest BCUT2D eigenvalue weighted by molar-refractivity contribution is -0.134. The summed E-state index contributed by atoms with van der Waals surface area (Å²) in [7, 11) is 1.73. The number of carbonyl (C=O) groups excluding carboxylic acids is 2. The summed E-state index contributed by atoms with van der Waals surface area (Å²) in [5.41, 5.74) is -0.511. The lowest BCUT2D eigenvalue weighted by Crippen LogP contribution is -2.58. The average molecular weight is 241 g/mol. The van der Waals surface area contributed by atoms with Crippen molar-refractivity contribution in [2.24, 2.45) is 0 Å². The Labute approximate surface area is 103 Å². The molecule has 1 aliphatic rings. The smallest absolute Gasteiger partial charge is 0.241 e. The van der Waals surface area contributed by atoms with Gasteiger partial charge in [0.15, 0.2) is 0 Å². The van der Waals surface area contributed by atoms with Crippen LogP contribution in [0.15, 0.2) is 0 Å². The van der Waals surface area contributed by atoms with Gasteiger partial charge < -0.3 is 15.5 Å². The van der Waals surface area contributed by atoms with Gasteiger partial charge in [-0.05, 0) is 39.7 Å². The number of hydrogen-bond acceptors (Lipinski definition) is 3. The SMILES string of the molecule is CCN(C)C(=O)CNC(=O)C1(C)CCCCN1. The Bertz CT molecular complexity index is 285. The van der Waals surface area contributed by atoms with E-state index in [1.165, 1.54) is 0 Å². The van der Waals surface area contributed by atoms with Gasteiger partial charge in [-0.25, -0.2) is 0 Å². The predicted octanol–water partition coefficient (Wildman–Crippen LogP) is 0.113. The van der Waals surface area contributed by atoms with Crippen LogP contribution in [-0.2, 0) is 9.59 Å². The largest absolute Gasteiger partial charge is 0.345 e. The Morgan fingerprint density at radius 3 is 2.65 bits per heavy atom. The van der Waals surface area contributed by atoms with E-state index < -0.39 is 5.54 Å². The Balaban J connectivity index is 2.41. The molecule has 0 spiro atoms. The number of likely N-dealkylation sites (N-methyl/N-ethyl adjacent to an activating group) is 1. The van der Waals surface area contributed by atoms with E-state index in [0.29, 0.717) is 6.54 Å². The maximum atomic E-state index is 12.0. The highest BCUT2D eigenvalue weighted by atomic mass is 16.2. The van der Waals surface area contributed by atoms with Gasteiger partial charge in [-0.1, -0.05) is 0 Å². The fourth-order valence-corrected chi connectivity index (χ4v) is 1.91. The van der Waals surface area contributed by atoms with Gasteiger partial charge >= 0.3 is 0 Å². The summed E-state index contributed by atoms with van der Waals surface area (Å²) >= 11 is 0. The first-order valence-corrected chi connectivity index (χ1v) is 6.27. The normalized spacial score (nSPS) is 24.2. The van der Waals surface area contributed by atoms with Crippen LogP contribution in [0.25, 0.3) is 0 Å². The highest BCUT2D eigenvalue weighted by molar-refractivity contribution is 5.90. The first-order chi connectivity index (χ1) is 7.99. The molecule has 5 nitrogen and oxygen atoms in total. The number of nitrogens with zero attached hydrogens (tertiary/aromatic N) is 1. The summed E-state index contributed by atoms with van der Waals surface area (Å²) in [4.78, 5) is 25.1. The molecule has 0 aromatic heterocycles. The number of nitrogens with one attached hydrogen (secondary N) is 2. The van der Waals surface area contributed by atoms with E-state index in [-0.39, 0.29) is 18.4 Å². The Morgan fingerprint density at radius 1 is 1.41 bits per heavy atom. The molecule has 0 saturated carbocycles. The van der Waals surface area contributed by atoms with E-state index in [1.54, 1.807) is 11.9 Å². The van der Waals surface area contributed by atoms with Crippen LogP contribution in [0.4, 0.5) is 0 Å². The second kappa shape index (κ2) is 6.00. The van der Waals surface area contributed by atoms with Crippen molar-refractivity contribution in [3.63, 3.8) is 0 Å². The molecule has 17 heavy (non-hydrogen) atoms. The summed E-state index contributed by atoms with van der Waals surface area (Å²) in [6.07, 6.45) is 3.00. The number of rotatable bonds is 4. The topological polar surface area (TPSA) is 61.4 Å². The lowest BCUT2D eigenvalue weighted by Gasteiger charge is -2.33. The molecule has 0 radical (unpaired) electrons. The molecule has 0 aromatic rings. The van der Waals surface area contributed by atoms with Crippen molar-refractivity contribution in [2.45, 2.75) is 38.6 Å². The molecule has 2 N–H and O–H groups in total. The summed E-state index contributed by atoms with van der Waals surface area (Å²) in [6.45, 7) is 5.41. The Kier molecular flexibility index (Phi) is 4.93. The van der Waals surface area contributed by atoms with Crippen LogP contribution in [0.2, 0.25) is 0 Å². The third-order valence-corrected chi connectivity index (χ3v) is 3.42. The van der Waals surface area contributed by atoms with E-state index in [2.05, 4.69) is 10.6 Å². The third-order valence-electron chi connectivity index (χ3n) is 3.42. The quantitative estimate of drug-likeness (QED) is 0.734. The molecule has 1 fully saturated rings. The van der Waals surface area contributed by atoms with Crippen molar-refractivity contribution < 1.29 is 9.59 Å². The fraction of sp³-hybridized carbons (Fsp3) is 0.833. The minimum atomic E-state index is -0.511. The van der Waals surface area contributed by atoms with Crippen LogP contribution >= 0.6 is 0 Å². The van der Waals surface area contributed by atoms with Gasteiger partial charge in [-0.2, -0.15) is 0 Å².